The fraction of sp³-hybridized carbons (Fsp3) is 0.500. The van der Waals surface area contributed by atoms with Gasteiger partial charge in [-0.2, -0.15) is 0 Å². The number of carbonyl (C=O) groups excluding carboxylic acids is 1. The Hall–Kier alpha value is -1.13. The lowest BCUT2D eigenvalue weighted by Crippen LogP contribution is -2.38. The number of aromatic nitrogens is 1. The molecule has 2 N–H and O–H groups in total. The number of pyridine rings is 1. The van der Waals surface area contributed by atoms with E-state index in [9.17, 15) is 4.79 Å². The molecular weight excluding hydrogens is 238 g/mol. The molecule has 2 heterocycles. The number of nitrogens with one attached hydrogen (secondary N) is 2. The molecule has 0 bridgehead atoms. The topological polar surface area (TPSA) is 54.0 Å². The van der Waals surface area contributed by atoms with Crippen molar-refractivity contribution < 1.29 is 4.79 Å². The van der Waals surface area contributed by atoms with Crippen molar-refractivity contribution in [2.24, 2.45) is 5.92 Å². The zero-order chi connectivity index (χ0) is 12.1. The Bertz CT molecular complexity index is 374. The third kappa shape index (κ3) is 3.68. The van der Waals surface area contributed by atoms with E-state index < -0.39 is 0 Å². The lowest BCUT2D eigenvalue weighted by atomic mass is 10.00. The van der Waals surface area contributed by atoms with Crippen LogP contribution in [0.1, 0.15) is 23.3 Å². The highest BCUT2D eigenvalue weighted by molar-refractivity contribution is 6.30. The van der Waals surface area contributed by atoms with Crippen LogP contribution in [-0.2, 0) is 0 Å². The van der Waals surface area contributed by atoms with E-state index in [0.29, 0.717) is 23.2 Å². The van der Waals surface area contributed by atoms with E-state index >= 15 is 0 Å². The van der Waals surface area contributed by atoms with Crippen molar-refractivity contribution in [1.29, 1.82) is 0 Å². The van der Waals surface area contributed by atoms with Crippen LogP contribution in [0, 0.1) is 5.92 Å². The first-order chi connectivity index (χ1) is 8.25. The van der Waals surface area contributed by atoms with E-state index in [1.54, 1.807) is 12.1 Å². The molecule has 4 nitrogen and oxygen atoms in total. The maximum Gasteiger partial charge on any atom is 0.269 e. The van der Waals surface area contributed by atoms with Crippen LogP contribution in [0.2, 0.25) is 5.02 Å². The van der Waals surface area contributed by atoms with Gasteiger partial charge in [0.1, 0.15) is 5.69 Å². The maximum absolute atomic E-state index is 11.8. The summed E-state index contributed by atoms with van der Waals surface area (Å²) in [5.74, 6) is 0.396. The second-order valence-corrected chi connectivity index (χ2v) is 4.72. The lowest BCUT2D eigenvalue weighted by Gasteiger charge is -2.22. The predicted octanol–water partition coefficient (Wildman–Crippen LogP) is 1.46. The van der Waals surface area contributed by atoms with E-state index in [0.717, 1.165) is 13.1 Å². The predicted molar refractivity (Wildman–Crippen MR) is 67.2 cm³/mol. The Morgan fingerprint density at radius 3 is 3.12 bits per heavy atom. The number of rotatable bonds is 3. The molecule has 5 heteroatoms. The van der Waals surface area contributed by atoms with Gasteiger partial charge in [-0.25, -0.2) is 4.98 Å². The van der Waals surface area contributed by atoms with E-state index in [1.165, 1.54) is 19.0 Å². The fourth-order valence-electron chi connectivity index (χ4n) is 1.94. The fourth-order valence-corrected chi connectivity index (χ4v) is 2.05. The molecule has 0 spiro atoms. The van der Waals surface area contributed by atoms with Gasteiger partial charge in [0.05, 0.1) is 5.02 Å². The third-order valence-electron chi connectivity index (χ3n) is 2.91. The normalized spacial score (nSPS) is 19.9. The quantitative estimate of drug-likeness (QED) is 0.858. The average Bonchev–Trinajstić information content (AvgIpc) is 2.38. The summed E-state index contributed by atoms with van der Waals surface area (Å²) in [6, 6.07) is 3.31. The van der Waals surface area contributed by atoms with Crippen LogP contribution in [0.4, 0.5) is 0 Å². The highest BCUT2D eigenvalue weighted by Gasteiger charge is 2.14. The zero-order valence-electron chi connectivity index (χ0n) is 9.58. The number of carbonyl (C=O) groups is 1. The Balaban J connectivity index is 1.82. The lowest BCUT2D eigenvalue weighted by molar-refractivity contribution is 0.0940. The van der Waals surface area contributed by atoms with Gasteiger partial charge >= 0.3 is 0 Å². The summed E-state index contributed by atoms with van der Waals surface area (Å²) >= 11 is 5.71. The molecule has 1 unspecified atom stereocenters. The summed E-state index contributed by atoms with van der Waals surface area (Å²) in [7, 11) is 0. The van der Waals surface area contributed by atoms with E-state index in [2.05, 4.69) is 15.6 Å². The van der Waals surface area contributed by atoms with Gasteiger partial charge in [0.15, 0.2) is 0 Å². The van der Waals surface area contributed by atoms with Crippen molar-refractivity contribution in [1.82, 2.24) is 15.6 Å². The van der Waals surface area contributed by atoms with Gasteiger partial charge in [0.2, 0.25) is 0 Å². The Morgan fingerprint density at radius 2 is 2.47 bits per heavy atom. The summed E-state index contributed by atoms with van der Waals surface area (Å²) < 4.78 is 0. The first-order valence-electron chi connectivity index (χ1n) is 5.86. The van der Waals surface area contributed by atoms with Crippen LogP contribution in [0.25, 0.3) is 0 Å². The number of hydrogen-bond acceptors (Lipinski definition) is 3. The molecule has 1 aliphatic rings. The highest BCUT2D eigenvalue weighted by atomic mass is 35.5. The molecule has 1 fully saturated rings. The summed E-state index contributed by atoms with van der Waals surface area (Å²) in [5, 5.41) is 6.76. The molecule has 1 saturated heterocycles. The zero-order valence-corrected chi connectivity index (χ0v) is 10.3. The third-order valence-corrected chi connectivity index (χ3v) is 3.13. The molecule has 0 aliphatic carbocycles. The monoisotopic (exact) mass is 253 g/mol. The van der Waals surface area contributed by atoms with Gasteiger partial charge in [0, 0.05) is 12.7 Å². The summed E-state index contributed by atoms with van der Waals surface area (Å²) in [6.07, 6.45) is 3.83. The minimum Gasteiger partial charge on any atom is -0.350 e. The highest BCUT2D eigenvalue weighted by Crippen LogP contribution is 2.09. The minimum absolute atomic E-state index is 0.132. The first-order valence-corrected chi connectivity index (χ1v) is 6.24. The number of halogens is 1. The van der Waals surface area contributed by atoms with Crippen LogP contribution in [-0.4, -0.2) is 30.5 Å². The standard InChI is InChI=1S/C12H16ClN3O/c13-10-3-4-11(15-8-10)12(17)16-7-9-2-1-5-14-6-9/h3-4,8-9,14H,1-2,5-7H2,(H,16,17). The van der Waals surface area contributed by atoms with E-state index in [-0.39, 0.29) is 5.91 Å². The van der Waals surface area contributed by atoms with Crippen molar-refractivity contribution >= 4 is 17.5 Å². The molecule has 1 aromatic rings. The second kappa shape index (κ2) is 5.98. The molecule has 2 rings (SSSR count). The van der Waals surface area contributed by atoms with Crippen LogP contribution < -0.4 is 10.6 Å². The molecule has 1 aromatic heterocycles. The first kappa shape index (κ1) is 12.3. The second-order valence-electron chi connectivity index (χ2n) is 4.28. The average molecular weight is 254 g/mol. The van der Waals surface area contributed by atoms with Crippen molar-refractivity contribution in [2.45, 2.75) is 12.8 Å². The van der Waals surface area contributed by atoms with Gasteiger partial charge in [-0.05, 0) is 44.0 Å². The Kier molecular flexibility index (Phi) is 4.34. The Labute approximate surface area is 106 Å². The SMILES string of the molecule is O=C(NCC1CCCNC1)c1ccc(Cl)cn1. The van der Waals surface area contributed by atoms with Gasteiger partial charge < -0.3 is 10.6 Å². The number of hydrogen-bond donors (Lipinski definition) is 2. The van der Waals surface area contributed by atoms with Crippen molar-refractivity contribution in [3.63, 3.8) is 0 Å². The summed E-state index contributed by atoms with van der Waals surface area (Å²) in [5.41, 5.74) is 0.415. The molecule has 17 heavy (non-hydrogen) atoms. The smallest absolute Gasteiger partial charge is 0.269 e. The van der Waals surface area contributed by atoms with E-state index in [4.69, 9.17) is 11.6 Å². The van der Waals surface area contributed by atoms with Crippen molar-refractivity contribution in [3.05, 3.63) is 29.0 Å². The number of amides is 1. The van der Waals surface area contributed by atoms with Crippen molar-refractivity contribution in [2.75, 3.05) is 19.6 Å². The van der Waals surface area contributed by atoms with Gasteiger partial charge in [-0.1, -0.05) is 11.6 Å². The summed E-state index contributed by atoms with van der Waals surface area (Å²) in [4.78, 5) is 15.7. The number of piperidine rings is 1. The molecule has 0 saturated carbocycles. The molecule has 92 valence electrons. The van der Waals surface area contributed by atoms with Crippen LogP contribution in [0.5, 0.6) is 0 Å². The molecule has 1 aliphatic heterocycles. The van der Waals surface area contributed by atoms with Crippen LogP contribution in [0.3, 0.4) is 0 Å². The number of nitrogens with zero attached hydrogens (tertiary/aromatic N) is 1. The molecule has 1 atom stereocenters. The van der Waals surface area contributed by atoms with Crippen LogP contribution >= 0.6 is 11.6 Å². The molecular formula is C12H16ClN3O. The minimum atomic E-state index is -0.132. The van der Waals surface area contributed by atoms with Gasteiger partial charge in [-0.15, -0.1) is 0 Å². The molecule has 0 aromatic carbocycles. The maximum atomic E-state index is 11.8. The van der Waals surface area contributed by atoms with Gasteiger partial charge in [-0.3, -0.25) is 4.79 Å². The molecule has 1 amide bonds. The summed E-state index contributed by atoms with van der Waals surface area (Å²) in [6.45, 7) is 2.77. The largest absolute Gasteiger partial charge is 0.350 e. The van der Waals surface area contributed by atoms with Gasteiger partial charge in [0.25, 0.3) is 5.91 Å². The Morgan fingerprint density at radius 1 is 1.59 bits per heavy atom. The van der Waals surface area contributed by atoms with Crippen LogP contribution in [0.15, 0.2) is 18.3 Å². The van der Waals surface area contributed by atoms with E-state index in [1.807, 2.05) is 0 Å². The van der Waals surface area contributed by atoms with Crippen molar-refractivity contribution in [3.8, 4) is 0 Å². The molecule has 0 radical (unpaired) electrons.